The van der Waals surface area contributed by atoms with Gasteiger partial charge in [0, 0.05) is 18.2 Å². The number of nitrogens with two attached hydrogens (primary N) is 1. The van der Waals surface area contributed by atoms with Crippen LogP contribution in [0.1, 0.15) is 35.6 Å². The summed E-state index contributed by atoms with van der Waals surface area (Å²) in [6.45, 7) is 6.25. The molecule has 0 aliphatic heterocycles. The number of hydrogen-bond acceptors (Lipinski definition) is 2. The van der Waals surface area contributed by atoms with Crippen molar-refractivity contribution in [2.45, 2.75) is 46.1 Å². The van der Waals surface area contributed by atoms with Crippen LogP contribution in [-0.4, -0.2) is 11.9 Å². The smallest absolute Gasteiger partial charge is 0.220 e. The molecular formula is C20H26N2O. The maximum absolute atomic E-state index is 12.1. The van der Waals surface area contributed by atoms with Crippen LogP contribution < -0.4 is 11.1 Å². The Kier molecular flexibility index (Phi) is 5.80. The first-order valence-corrected chi connectivity index (χ1v) is 8.14. The molecule has 1 amide bonds. The number of amides is 1. The summed E-state index contributed by atoms with van der Waals surface area (Å²) >= 11 is 0. The van der Waals surface area contributed by atoms with Gasteiger partial charge < -0.3 is 11.1 Å². The van der Waals surface area contributed by atoms with Crippen LogP contribution >= 0.6 is 0 Å². The van der Waals surface area contributed by atoms with E-state index in [1.165, 1.54) is 16.7 Å². The van der Waals surface area contributed by atoms with E-state index in [-0.39, 0.29) is 11.9 Å². The van der Waals surface area contributed by atoms with E-state index in [0.29, 0.717) is 12.8 Å². The first-order chi connectivity index (χ1) is 10.9. The summed E-state index contributed by atoms with van der Waals surface area (Å²) in [5.41, 5.74) is 11.5. The molecule has 2 aromatic rings. The molecule has 23 heavy (non-hydrogen) atoms. The Morgan fingerprint density at radius 1 is 1.13 bits per heavy atom. The van der Waals surface area contributed by atoms with Crippen LogP contribution in [-0.2, 0) is 17.6 Å². The van der Waals surface area contributed by atoms with E-state index in [1.54, 1.807) is 0 Å². The van der Waals surface area contributed by atoms with Gasteiger partial charge in [-0.1, -0.05) is 47.5 Å². The Hall–Kier alpha value is -2.29. The van der Waals surface area contributed by atoms with Crippen LogP contribution in [0.2, 0.25) is 0 Å². The third kappa shape index (κ3) is 5.44. The van der Waals surface area contributed by atoms with Crippen molar-refractivity contribution in [3.8, 4) is 0 Å². The van der Waals surface area contributed by atoms with Crippen LogP contribution in [0.15, 0.2) is 42.5 Å². The fourth-order valence-electron chi connectivity index (χ4n) is 2.95. The van der Waals surface area contributed by atoms with Crippen molar-refractivity contribution in [2.75, 3.05) is 5.73 Å². The molecule has 2 rings (SSSR count). The van der Waals surface area contributed by atoms with Crippen molar-refractivity contribution in [2.24, 2.45) is 0 Å². The number of nitrogens with one attached hydrogen (secondary N) is 1. The van der Waals surface area contributed by atoms with E-state index < -0.39 is 0 Å². The van der Waals surface area contributed by atoms with Gasteiger partial charge in [0.05, 0.1) is 0 Å². The average Bonchev–Trinajstić information content (AvgIpc) is 2.45. The zero-order chi connectivity index (χ0) is 16.8. The minimum absolute atomic E-state index is 0.0742. The topological polar surface area (TPSA) is 55.1 Å². The number of benzene rings is 2. The zero-order valence-corrected chi connectivity index (χ0v) is 14.2. The molecule has 0 aliphatic carbocycles. The second-order valence-corrected chi connectivity index (χ2v) is 6.37. The Labute approximate surface area is 138 Å². The van der Waals surface area contributed by atoms with Gasteiger partial charge in [-0.05, 0) is 50.8 Å². The molecule has 3 nitrogen and oxygen atoms in total. The first kappa shape index (κ1) is 17.1. The van der Waals surface area contributed by atoms with Gasteiger partial charge in [-0.25, -0.2) is 0 Å². The fraction of sp³-hybridized carbons (Fsp3) is 0.350. The van der Waals surface area contributed by atoms with E-state index >= 15 is 0 Å². The predicted octanol–water partition coefficient (Wildman–Crippen LogP) is 3.57. The lowest BCUT2D eigenvalue weighted by atomic mass is 10.0. The van der Waals surface area contributed by atoms with Crippen molar-refractivity contribution >= 4 is 11.6 Å². The molecule has 3 N–H and O–H groups in total. The molecule has 0 spiro atoms. The molecular weight excluding hydrogens is 284 g/mol. The van der Waals surface area contributed by atoms with Gasteiger partial charge in [-0.15, -0.1) is 0 Å². The first-order valence-electron chi connectivity index (χ1n) is 8.14. The molecule has 1 unspecified atom stereocenters. The number of para-hydroxylation sites is 1. The molecule has 0 heterocycles. The molecule has 1 atom stereocenters. The largest absolute Gasteiger partial charge is 0.399 e. The minimum atomic E-state index is 0.0742. The number of carbonyl (C=O) groups excluding carboxylic acids is 1. The maximum atomic E-state index is 12.1. The van der Waals surface area contributed by atoms with Crippen LogP contribution in [0.5, 0.6) is 0 Å². The van der Waals surface area contributed by atoms with Crippen molar-refractivity contribution < 1.29 is 4.79 Å². The highest BCUT2D eigenvalue weighted by atomic mass is 16.1. The Morgan fingerprint density at radius 2 is 1.78 bits per heavy atom. The van der Waals surface area contributed by atoms with Gasteiger partial charge in [-0.3, -0.25) is 4.79 Å². The Bertz CT molecular complexity index is 659. The molecule has 0 aliphatic rings. The summed E-state index contributed by atoms with van der Waals surface area (Å²) in [7, 11) is 0. The second-order valence-electron chi connectivity index (χ2n) is 6.37. The van der Waals surface area contributed by atoms with Crippen molar-refractivity contribution in [3.05, 3.63) is 64.7 Å². The van der Waals surface area contributed by atoms with E-state index in [2.05, 4.69) is 37.4 Å². The highest BCUT2D eigenvalue weighted by Gasteiger charge is 2.09. The van der Waals surface area contributed by atoms with Gasteiger partial charge in [0.2, 0.25) is 5.91 Å². The van der Waals surface area contributed by atoms with E-state index in [1.807, 2.05) is 31.2 Å². The zero-order valence-electron chi connectivity index (χ0n) is 14.2. The Morgan fingerprint density at radius 3 is 2.43 bits per heavy atom. The maximum Gasteiger partial charge on any atom is 0.220 e. The van der Waals surface area contributed by atoms with Crippen LogP contribution in [0.4, 0.5) is 5.69 Å². The molecule has 3 heteroatoms. The third-order valence-electron chi connectivity index (χ3n) is 3.91. The molecule has 122 valence electrons. The summed E-state index contributed by atoms with van der Waals surface area (Å²) < 4.78 is 0. The van der Waals surface area contributed by atoms with Crippen molar-refractivity contribution in [1.29, 1.82) is 0 Å². The van der Waals surface area contributed by atoms with E-state index in [0.717, 1.165) is 17.7 Å². The third-order valence-corrected chi connectivity index (χ3v) is 3.91. The van der Waals surface area contributed by atoms with Gasteiger partial charge in [-0.2, -0.15) is 0 Å². The molecule has 0 aromatic heterocycles. The molecule has 0 saturated heterocycles. The summed E-state index contributed by atoms with van der Waals surface area (Å²) in [6, 6.07) is 14.4. The van der Waals surface area contributed by atoms with Crippen molar-refractivity contribution in [3.63, 3.8) is 0 Å². The van der Waals surface area contributed by atoms with Crippen LogP contribution in [0, 0.1) is 13.8 Å². The summed E-state index contributed by atoms with van der Waals surface area (Å²) in [5, 5.41) is 3.08. The SMILES string of the molecule is Cc1cc(C)cc(CC(C)NC(=O)CCc2ccccc2N)c1. The van der Waals surface area contributed by atoms with E-state index in [4.69, 9.17) is 5.73 Å². The summed E-state index contributed by atoms with van der Waals surface area (Å²) in [4.78, 5) is 12.1. The van der Waals surface area contributed by atoms with Gasteiger partial charge in [0.25, 0.3) is 0 Å². The molecule has 0 fully saturated rings. The quantitative estimate of drug-likeness (QED) is 0.802. The number of anilines is 1. The summed E-state index contributed by atoms with van der Waals surface area (Å²) in [6.07, 6.45) is 1.99. The standard InChI is InChI=1S/C20H26N2O/c1-14-10-15(2)12-17(11-14)13-16(3)22-20(23)9-8-18-6-4-5-7-19(18)21/h4-7,10-12,16H,8-9,13,21H2,1-3H3,(H,22,23). The fourth-order valence-corrected chi connectivity index (χ4v) is 2.95. The Balaban J connectivity index is 1.84. The molecule has 0 bridgehead atoms. The normalized spacial score (nSPS) is 12.0. The van der Waals surface area contributed by atoms with E-state index in [9.17, 15) is 4.79 Å². The minimum Gasteiger partial charge on any atom is -0.399 e. The summed E-state index contributed by atoms with van der Waals surface area (Å²) in [5.74, 6) is 0.0742. The number of aryl methyl sites for hydroxylation is 3. The number of carbonyl (C=O) groups is 1. The van der Waals surface area contributed by atoms with Gasteiger partial charge in [0.15, 0.2) is 0 Å². The predicted molar refractivity (Wildman–Crippen MR) is 96.4 cm³/mol. The highest BCUT2D eigenvalue weighted by Crippen LogP contribution is 2.13. The average molecular weight is 310 g/mol. The molecule has 0 radical (unpaired) electrons. The number of rotatable bonds is 6. The number of nitrogen functional groups attached to an aromatic ring is 1. The highest BCUT2D eigenvalue weighted by molar-refractivity contribution is 5.76. The second kappa shape index (κ2) is 7.82. The van der Waals surface area contributed by atoms with Crippen molar-refractivity contribution in [1.82, 2.24) is 5.32 Å². The molecule has 2 aromatic carbocycles. The lowest BCUT2D eigenvalue weighted by Crippen LogP contribution is -2.34. The molecule has 0 saturated carbocycles. The van der Waals surface area contributed by atoms with Gasteiger partial charge in [0.1, 0.15) is 0 Å². The lowest BCUT2D eigenvalue weighted by Gasteiger charge is -2.15. The lowest BCUT2D eigenvalue weighted by molar-refractivity contribution is -0.121. The van der Waals surface area contributed by atoms with Gasteiger partial charge >= 0.3 is 0 Å². The van der Waals surface area contributed by atoms with Crippen LogP contribution in [0.25, 0.3) is 0 Å². The monoisotopic (exact) mass is 310 g/mol. The number of hydrogen-bond donors (Lipinski definition) is 2. The van der Waals surface area contributed by atoms with Crippen LogP contribution in [0.3, 0.4) is 0 Å².